The summed E-state index contributed by atoms with van der Waals surface area (Å²) in [6.07, 6.45) is 1.55. The van der Waals surface area contributed by atoms with Gasteiger partial charge in [-0.2, -0.15) is 0 Å². The summed E-state index contributed by atoms with van der Waals surface area (Å²) in [6, 6.07) is 3.94. The van der Waals surface area contributed by atoms with Crippen LogP contribution in [0.25, 0.3) is 11.0 Å². The Labute approximate surface area is 98.4 Å². The minimum absolute atomic E-state index is 0.272. The second kappa shape index (κ2) is 4.23. The van der Waals surface area contributed by atoms with E-state index in [2.05, 4.69) is 4.98 Å². The van der Waals surface area contributed by atoms with Crippen molar-refractivity contribution in [2.45, 2.75) is 23.9 Å². The largest absolute Gasteiger partial charge is 0.604 e. The first-order valence-corrected chi connectivity index (χ1v) is 6.02. The molecule has 0 saturated carbocycles. The van der Waals surface area contributed by atoms with Crippen LogP contribution in [0, 0.1) is 0 Å². The third-order valence-electron chi connectivity index (χ3n) is 2.36. The number of imidazole rings is 1. The van der Waals surface area contributed by atoms with Crippen molar-refractivity contribution in [2.75, 3.05) is 0 Å². The first-order chi connectivity index (χ1) is 7.93. The van der Waals surface area contributed by atoms with E-state index >= 15 is 0 Å². The second-order valence-electron chi connectivity index (χ2n) is 3.40. The van der Waals surface area contributed by atoms with Crippen molar-refractivity contribution in [1.29, 1.82) is 0 Å². The normalized spacial score (nSPS) is 14.2. The molecule has 7 heteroatoms. The molecule has 2 aromatic rings. The SMILES string of the molecule is CCn1cnc2cc([S+]([O-])C(F)(F)F)ccc21. The molecule has 1 unspecified atom stereocenters. The number of benzene rings is 1. The summed E-state index contributed by atoms with van der Waals surface area (Å²) >= 11 is -3.00. The summed E-state index contributed by atoms with van der Waals surface area (Å²) in [7, 11) is 0. The highest BCUT2D eigenvalue weighted by atomic mass is 32.2. The predicted octanol–water partition coefficient (Wildman–Crippen LogP) is 2.68. The highest BCUT2D eigenvalue weighted by Crippen LogP contribution is 2.31. The molecule has 1 aromatic heterocycles. The molecule has 0 spiro atoms. The van der Waals surface area contributed by atoms with E-state index in [1.165, 1.54) is 18.2 Å². The van der Waals surface area contributed by atoms with Gasteiger partial charge in [-0.3, -0.25) is 0 Å². The zero-order chi connectivity index (χ0) is 12.6. The van der Waals surface area contributed by atoms with Crippen molar-refractivity contribution in [3.8, 4) is 0 Å². The molecule has 92 valence electrons. The first-order valence-electron chi connectivity index (χ1n) is 4.87. The lowest BCUT2D eigenvalue weighted by atomic mass is 10.3. The molecular formula is C10H9F3N2OS. The fourth-order valence-electron chi connectivity index (χ4n) is 1.54. The van der Waals surface area contributed by atoms with Gasteiger partial charge in [0, 0.05) is 12.6 Å². The van der Waals surface area contributed by atoms with Gasteiger partial charge in [-0.15, -0.1) is 13.2 Å². The van der Waals surface area contributed by atoms with Crippen molar-refractivity contribution in [3.05, 3.63) is 24.5 Å². The Bertz CT molecular complexity index is 538. The minimum atomic E-state index is -4.74. The van der Waals surface area contributed by atoms with Gasteiger partial charge < -0.3 is 9.12 Å². The minimum Gasteiger partial charge on any atom is -0.604 e. The van der Waals surface area contributed by atoms with Gasteiger partial charge in [0.15, 0.2) is 4.90 Å². The summed E-state index contributed by atoms with van der Waals surface area (Å²) in [5.74, 6) is 0. The molecule has 0 bridgehead atoms. The number of fused-ring (bicyclic) bond motifs is 1. The van der Waals surface area contributed by atoms with E-state index < -0.39 is 16.7 Å². The van der Waals surface area contributed by atoms with Crippen molar-refractivity contribution >= 4 is 22.2 Å². The predicted molar refractivity (Wildman–Crippen MR) is 57.9 cm³/mol. The number of halogens is 3. The fourth-order valence-corrected chi connectivity index (χ4v) is 2.22. The van der Waals surface area contributed by atoms with E-state index in [1.54, 1.807) is 10.9 Å². The summed E-state index contributed by atoms with van der Waals surface area (Å²) in [5.41, 5.74) is -3.58. The number of nitrogens with zero attached hydrogens (tertiary/aromatic N) is 2. The molecule has 2 rings (SSSR count). The average molecular weight is 262 g/mol. The third-order valence-corrected chi connectivity index (χ3v) is 3.46. The number of hydrogen-bond acceptors (Lipinski definition) is 2. The van der Waals surface area contributed by atoms with Crippen LogP contribution in [0.4, 0.5) is 13.2 Å². The fraction of sp³-hybridized carbons (Fsp3) is 0.300. The molecule has 0 saturated heterocycles. The van der Waals surface area contributed by atoms with Gasteiger partial charge in [0.2, 0.25) is 0 Å². The molecular weight excluding hydrogens is 253 g/mol. The standard InChI is InChI=1S/C10H9F3N2OS/c1-2-15-6-14-8-5-7(3-4-9(8)15)17(16)10(11,12)13/h3-6H,2H2,1H3. The average Bonchev–Trinajstić information content (AvgIpc) is 2.68. The lowest BCUT2D eigenvalue weighted by Crippen LogP contribution is -2.23. The zero-order valence-electron chi connectivity index (χ0n) is 8.86. The van der Waals surface area contributed by atoms with Gasteiger partial charge in [-0.1, -0.05) is 0 Å². The third kappa shape index (κ3) is 2.25. The highest BCUT2D eigenvalue weighted by Gasteiger charge is 2.46. The Morgan fingerprint density at radius 2 is 2.12 bits per heavy atom. The molecule has 0 aliphatic rings. The molecule has 1 aromatic carbocycles. The molecule has 3 nitrogen and oxygen atoms in total. The van der Waals surface area contributed by atoms with Gasteiger partial charge in [0.05, 0.1) is 28.5 Å². The maximum atomic E-state index is 12.3. The van der Waals surface area contributed by atoms with Gasteiger partial charge >= 0.3 is 5.51 Å². The molecule has 0 radical (unpaired) electrons. The molecule has 0 amide bonds. The zero-order valence-corrected chi connectivity index (χ0v) is 9.68. The van der Waals surface area contributed by atoms with Crippen molar-refractivity contribution in [1.82, 2.24) is 9.55 Å². The molecule has 0 fully saturated rings. The van der Waals surface area contributed by atoms with Crippen LogP contribution in [0.1, 0.15) is 6.92 Å². The topological polar surface area (TPSA) is 40.9 Å². The quantitative estimate of drug-likeness (QED) is 0.781. The van der Waals surface area contributed by atoms with Crippen LogP contribution < -0.4 is 0 Å². The van der Waals surface area contributed by atoms with E-state index in [1.807, 2.05) is 6.92 Å². The monoisotopic (exact) mass is 262 g/mol. The van der Waals surface area contributed by atoms with E-state index in [9.17, 15) is 17.7 Å². The Balaban J connectivity index is 2.45. The van der Waals surface area contributed by atoms with Crippen LogP contribution in [0.15, 0.2) is 29.4 Å². The van der Waals surface area contributed by atoms with Crippen molar-refractivity contribution in [3.63, 3.8) is 0 Å². The smallest absolute Gasteiger partial charge is 0.578 e. The highest BCUT2D eigenvalue weighted by molar-refractivity contribution is 7.92. The van der Waals surface area contributed by atoms with E-state index in [-0.39, 0.29) is 4.90 Å². The lowest BCUT2D eigenvalue weighted by Gasteiger charge is -2.11. The number of rotatable bonds is 2. The first kappa shape index (κ1) is 12.3. The Morgan fingerprint density at radius 1 is 1.41 bits per heavy atom. The van der Waals surface area contributed by atoms with Crippen LogP contribution in [-0.2, 0) is 17.7 Å². The molecule has 17 heavy (non-hydrogen) atoms. The van der Waals surface area contributed by atoms with E-state index in [0.717, 1.165) is 5.52 Å². The molecule has 1 atom stereocenters. The molecule has 1 heterocycles. The maximum absolute atomic E-state index is 12.3. The number of aryl methyl sites for hydroxylation is 1. The van der Waals surface area contributed by atoms with Crippen LogP contribution >= 0.6 is 0 Å². The Kier molecular flexibility index (Phi) is 3.05. The maximum Gasteiger partial charge on any atom is 0.578 e. The number of aromatic nitrogens is 2. The summed E-state index contributed by atoms with van der Waals surface area (Å²) < 4.78 is 49.8. The van der Waals surface area contributed by atoms with Crippen LogP contribution in [0.2, 0.25) is 0 Å². The van der Waals surface area contributed by atoms with Crippen LogP contribution in [0.3, 0.4) is 0 Å². The second-order valence-corrected chi connectivity index (χ2v) is 4.87. The lowest BCUT2D eigenvalue weighted by molar-refractivity contribution is -0.0435. The van der Waals surface area contributed by atoms with Gasteiger partial charge in [-0.25, -0.2) is 4.98 Å². The summed E-state index contributed by atoms with van der Waals surface area (Å²) in [5, 5.41) is 0. The van der Waals surface area contributed by atoms with Crippen molar-refractivity contribution in [2.24, 2.45) is 0 Å². The van der Waals surface area contributed by atoms with Crippen LogP contribution in [-0.4, -0.2) is 19.6 Å². The van der Waals surface area contributed by atoms with E-state index in [4.69, 9.17) is 0 Å². The number of alkyl halides is 3. The molecule has 0 aliphatic heterocycles. The Morgan fingerprint density at radius 3 is 2.71 bits per heavy atom. The molecule has 0 aliphatic carbocycles. The Hall–Kier alpha value is -1.21. The molecule has 0 N–H and O–H groups in total. The number of hydrogen-bond donors (Lipinski definition) is 0. The van der Waals surface area contributed by atoms with Gasteiger partial charge in [0.25, 0.3) is 0 Å². The van der Waals surface area contributed by atoms with Gasteiger partial charge in [-0.05, 0) is 19.1 Å². The summed E-state index contributed by atoms with van der Waals surface area (Å²) in [4.78, 5) is 3.70. The van der Waals surface area contributed by atoms with E-state index in [0.29, 0.717) is 12.1 Å². The van der Waals surface area contributed by atoms with Gasteiger partial charge in [0.1, 0.15) is 0 Å². The summed E-state index contributed by atoms with van der Waals surface area (Å²) in [6.45, 7) is 2.58. The van der Waals surface area contributed by atoms with Crippen LogP contribution in [0.5, 0.6) is 0 Å². The van der Waals surface area contributed by atoms with Crippen molar-refractivity contribution < 1.29 is 17.7 Å².